The number of imide groups is 1. The third-order valence-corrected chi connectivity index (χ3v) is 8.86. The van der Waals surface area contributed by atoms with E-state index in [-0.39, 0.29) is 30.7 Å². The number of likely N-dealkylation sites (tertiary alicyclic amines) is 1. The quantitative estimate of drug-likeness (QED) is 0.405. The largest absolute Gasteiger partial charge is 0.326 e. The number of hydrogen-bond donors (Lipinski definition) is 1. The van der Waals surface area contributed by atoms with Crippen LogP contribution in [0.15, 0.2) is 72.8 Å². The van der Waals surface area contributed by atoms with E-state index in [1.807, 2.05) is 79.7 Å². The first-order chi connectivity index (χ1) is 16.8. The van der Waals surface area contributed by atoms with E-state index in [1.165, 1.54) is 4.90 Å². The maximum absolute atomic E-state index is 13.7. The molecule has 2 atom stereocenters. The van der Waals surface area contributed by atoms with Crippen LogP contribution in [0.1, 0.15) is 34.2 Å². The van der Waals surface area contributed by atoms with E-state index in [2.05, 4.69) is 5.32 Å². The maximum Gasteiger partial charge on any atom is 0.235 e. The van der Waals surface area contributed by atoms with E-state index in [9.17, 15) is 14.4 Å². The lowest BCUT2D eigenvalue weighted by atomic mass is 9.54. The number of halogens is 2. The molecule has 176 valence electrons. The van der Waals surface area contributed by atoms with Gasteiger partial charge in [-0.05, 0) is 41.3 Å². The van der Waals surface area contributed by atoms with E-state index in [4.69, 9.17) is 23.2 Å². The van der Waals surface area contributed by atoms with Gasteiger partial charge in [-0.1, -0.05) is 66.2 Å². The molecule has 7 heteroatoms. The van der Waals surface area contributed by atoms with E-state index >= 15 is 0 Å². The fraction of sp³-hybridized carbons (Fsp3) is 0.250. The van der Waals surface area contributed by atoms with Crippen LogP contribution in [0.3, 0.4) is 0 Å². The Balaban J connectivity index is 1.34. The highest BCUT2D eigenvalue weighted by Crippen LogP contribution is 2.69. The summed E-state index contributed by atoms with van der Waals surface area (Å²) in [5.41, 5.74) is 4.79. The second-order valence-corrected chi connectivity index (χ2v) is 10.7. The fourth-order valence-electron chi connectivity index (χ4n) is 6.02. The molecule has 3 aromatic carbocycles. The van der Waals surface area contributed by atoms with Gasteiger partial charge in [0.1, 0.15) is 9.75 Å². The predicted octanol–water partition coefficient (Wildman–Crippen LogP) is 4.92. The minimum absolute atomic E-state index is 0.0186. The molecule has 1 saturated heterocycles. The first-order valence-electron chi connectivity index (χ1n) is 11.6. The van der Waals surface area contributed by atoms with Crippen molar-refractivity contribution < 1.29 is 14.4 Å². The summed E-state index contributed by atoms with van der Waals surface area (Å²) in [5, 5.41) is 2.82. The van der Waals surface area contributed by atoms with Crippen molar-refractivity contribution in [1.82, 2.24) is 4.90 Å². The summed E-state index contributed by atoms with van der Waals surface area (Å²) in [4.78, 5) is 38.8. The van der Waals surface area contributed by atoms with E-state index in [0.717, 1.165) is 27.8 Å². The molecule has 5 nitrogen and oxygen atoms in total. The lowest BCUT2D eigenvalue weighted by Gasteiger charge is -2.54. The molecule has 3 aliphatic carbocycles. The third-order valence-electron chi connectivity index (χ3n) is 7.57. The van der Waals surface area contributed by atoms with Crippen molar-refractivity contribution in [2.45, 2.75) is 23.1 Å². The van der Waals surface area contributed by atoms with Crippen LogP contribution < -0.4 is 5.32 Å². The molecule has 1 N–H and O–H groups in total. The number of nitrogens with zero attached hydrogens (tertiary/aromatic N) is 1. The number of carbonyl (C=O) groups excluding carboxylic acids is 3. The van der Waals surface area contributed by atoms with Gasteiger partial charge in [0.2, 0.25) is 17.7 Å². The summed E-state index contributed by atoms with van der Waals surface area (Å²) in [6.07, 6.45) is -0.0186. The summed E-state index contributed by atoms with van der Waals surface area (Å²) < 4.78 is 0. The summed E-state index contributed by atoms with van der Waals surface area (Å²) in [6.45, 7) is 1.93. The van der Waals surface area contributed by atoms with Gasteiger partial charge < -0.3 is 5.32 Å². The Bertz CT molecular complexity index is 1280. The van der Waals surface area contributed by atoms with Crippen LogP contribution in [0.5, 0.6) is 0 Å². The van der Waals surface area contributed by atoms with Gasteiger partial charge in [-0.15, -0.1) is 23.2 Å². The Morgan fingerprint density at radius 2 is 1.23 bits per heavy atom. The Morgan fingerprint density at radius 3 is 1.66 bits per heavy atom. The van der Waals surface area contributed by atoms with Gasteiger partial charge in [-0.2, -0.15) is 0 Å². The van der Waals surface area contributed by atoms with Crippen LogP contribution in [0.25, 0.3) is 0 Å². The van der Waals surface area contributed by atoms with Gasteiger partial charge in [-0.25, -0.2) is 0 Å². The van der Waals surface area contributed by atoms with E-state index in [0.29, 0.717) is 5.69 Å². The highest BCUT2D eigenvalue weighted by atomic mass is 35.5. The number of amides is 3. The normalized spacial score (nSPS) is 27.9. The van der Waals surface area contributed by atoms with E-state index < -0.39 is 21.6 Å². The second-order valence-electron chi connectivity index (χ2n) is 9.46. The van der Waals surface area contributed by atoms with Gasteiger partial charge in [0.15, 0.2) is 0 Å². The number of hydrogen-bond acceptors (Lipinski definition) is 3. The molecule has 3 aromatic rings. The minimum Gasteiger partial charge on any atom is -0.326 e. The Morgan fingerprint density at radius 1 is 0.800 bits per heavy atom. The van der Waals surface area contributed by atoms with Crippen molar-refractivity contribution >= 4 is 46.6 Å². The monoisotopic (exact) mass is 504 g/mol. The zero-order chi connectivity index (χ0) is 24.5. The number of aryl methyl sites for hydroxylation is 1. The molecular weight excluding hydrogens is 483 g/mol. The standard InChI is InChI=1S/C28H22Cl2N2O3/c1-16-10-12-17(13-11-16)31-22(33)14-15-32-25(34)23-24(26(32)35)28(30)19-7-3-2-6-18(19)27(23,29)20-8-4-5-9-21(20)28/h2-13,23-24H,14-15H2,1H3,(H,31,33)/t23-,24-,27?,28?/m0/s1. The average molecular weight is 505 g/mol. The van der Waals surface area contributed by atoms with Crippen molar-refractivity contribution in [3.8, 4) is 0 Å². The van der Waals surface area contributed by atoms with Crippen LogP contribution >= 0.6 is 23.2 Å². The number of alkyl halides is 2. The molecule has 0 radical (unpaired) electrons. The first kappa shape index (κ1) is 22.3. The van der Waals surface area contributed by atoms with Crippen LogP contribution in [-0.4, -0.2) is 29.2 Å². The molecule has 3 amide bonds. The molecule has 7 rings (SSSR count). The SMILES string of the molecule is Cc1ccc(NC(=O)CCN2C(=O)[C@@H]3[C@@H](C2=O)C2(Cl)c4ccccc4C3(Cl)c3ccccc32)cc1. The third kappa shape index (κ3) is 2.92. The molecule has 0 unspecified atom stereocenters. The molecule has 1 aliphatic heterocycles. The molecule has 0 aromatic heterocycles. The van der Waals surface area contributed by atoms with Gasteiger partial charge in [0, 0.05) is 18.7 Å². The van der Waals surface area contributed by atoms with Gasteiger partial charge in [0.25, 0.3) is 0 Å². The Labute approximate surface area is 213 Å². The number of benzene rings is 3. The van der Waals surface area contributed by atoms with Crippen molar-refractivity contribution in [1.29, 1.82) is 0 Å². The number of carbonyl (C=O) groups is 3. The molecular formula is C28H22Cl2N2O3. The van der Waals surface area contributed by atoms with Crippen LogP contribution in [-0.2, 0) is 24.1 Å². The maximum atomic E-state index is 13.7. The highest BCUT2D eigenvalue weighted by molar-refractivity contribution is 6.36. The highest BCUT2D eigenvalue weighted by Gasteiger charge is 2.72. The molecule has 0 spiro atoms. The van der Waals surface area contributed by atoms with Crippen molar-refractivity contribution in [3.05, 3.63) is 101 Å². The van der Waals surface area contributed by atoms with Gasteiger partial charge in [-0.3, -0.25) is 19.3 Å². The second kappa shape index (κ2) is 7.67. The summed E-state index contributed by atoms with van der Waals surface area (Å²) in [7, 11) is 0. The lowest BCUT2D eigenvalue weighted by molar-refractivity contribution is -0.140. The number of nitrogens with one attached hydrogen (secondary N) is 1. The summed E-state index contributed by atoms with van der Waals surface area (Å²) in [5.74, 6) is -2.74. The minimum atomic E-state index is -1.21. The zero-order valence-corrected chi connectivity index (χ0v) is 20.4. The van der Waals surface area contributed by atoms with Gasteiger partial charge >= 0.3 is 0 Å². The molecule has 35 heavy (non-hydrogen) atoms. The van der Waals surface area contributed by atoms with Crippen LogP contribution in [0.2, 0.25) is 0 Å². The van der Waals surface area contributed by atoms with Crippen LogP contribution in [0.4, 0.5) is 5.69 Å². The molecule has 1 heterocycles. The van der Waals surface area contributed by atoms with Crippen molar-refractivity contribution in [3.63, 3.8) is 0 Å². The number of rotatable bonds is 4. The first-order valence-corrected chi connectivity index (χ1v) is 12.3. The van der Waals surface area contributed by atoms with Crippen LogP contribution in [0, 0.1) is 18.8 Å². The molecule has 0 saturated carbocycles. The summed E-state index contributed by atoms with van der Waals surface area (Å²) in [6, 6.07) is 22.5. The Hall–Kier alpha value is -3.15. The van der Waals surface area contributed by atoms with Gasteiger partial charge in [0.05, 0.1) is 11.8 Å². The topological polar surface area (TPSA) is 66.5 Å². The van der Waals surface area contributed by atoms with E-state index in [1.54, 1.807) is 0 Å². The van der Waals surface area contributed by atoms with Crippen molar-refractivity contribution in [2.24, 2.45) is 11.8 Å². The Kier molecular flexibility index (Phi) is 4.89. The molecule has 1 fully saturated rings. The van der Waals surface area contributed by atoms with Crippen molar-refractivity contribution in [2.75, 3.05) is 11.9 Å². The fourth-order valence-corrected chi connectivity index (χ4v) is 7.12. The molecule has 2 bridgehead atoms. The molecule has 4 aliphatic rings. The lowest BCUT2D eigenvalue weighted by Crippen LogP contribution is -2.57. The predicted molar refractivity (Wildman–Crippen MR) is 134 cm³/mol. The smallest absolute Gasteiger partial charge is 0.235 e. The zero-order valence-electron chi connectivity index (χ0n) is 18.9. The summed E-state index contributed by atoms with van der Waals surface area (Å²) >= 11 is 14.8. The number of anilines is 1. The average Bonchev–Trinajstić information content (AvgIpc) is 3.13.